The summed E-state index contributed by atoms with van der Waals surface area (Å²) in [6, 6.07) is 11.2. The van der Waals surface area contributed by atoms with Gasteiger partial charge in [0, 0.05) is 34.1 Å². The van der Waals surface area contributed by atoms with E-state index >= 15 is 0 Å². The van der Waals surface area contributed by atoms with Gasteiger partial charge in [0.05, 0.1) is 11.1 Å². The van der Waals surface area contributed by atoms with Crippen molar-refractivity contribution >= 4 is 22.7 Å². The normalized spacial score (nSPS) is 11.2. The summed E-state index contributed by atoms with van der Waals surface area (Å²) in [6.07, 6.45) is 0. The van der Waals surface area contributed by atoms with Gasteiger partial charge in [-0.1, -0.05) is 18.2 Å². The topological polar surface area (TPSA) is 61.2 Å². The zero-order chi connectivity index (χ0) is 19.7. The Balaban J connectivity index is 1.81. The summed E-state index contributed by atoms with van der Waals surface area (Å²) in [5, 5.41) is 0.721. The van der Waals surface area contributed by atoms with E-state index in [2.05, 4.69) is 23.4 Å². The number of hydrogen-bond donors (Lipinski definition) is 0. The van der Waals surface area contributed by atoms with Crippen LogP contribution in [0.15, 0.2) is 36.4 Å². The van der Waals surface area contributed by atoms with Gasteiger partial charge in [-0.05, 0) is 52.8 Å². The Morgan fingerprint density at radius 2 is 1.78 bits per heavy atom. The van der Waals surface area contributed by atoms with E-state index in [0.717, 1.165) is 28.0 Å². The second-order valence-corrected chi connectivity index (χ2v) is 7.08. The molecule has 0 radical (unpaired) electrons. The lowest BCUT2D eigenvalue weighted by Gasteiger charge is -2.13. The van der Waals surface area contributed by atoms with Crippen molar-refractivity contribution in [2.24, 2.45) is 0 Å². The number of aryl methyl sites for hydroxylation is 2. The van der Waals surface area contributed by atoms with Crippen molar-refractivity contribution in [3.8, 4) is 0 Å². The number of esters is 1. The fourth-order valence-electron chi connectivity index (χ4n) is 3.62. The van der Waals surface area contributed by atoms with Gasteiger partial charge in [-0.3, -0.25) is 9.78 Å². The highest BCUT2D eigenvalue weighted by molar-refractivity contribution is 6.05. The number of nitrogens with zero attached hydrogens (tertiary/aromatic N) is 2. The fourth-order valence-corrected chi connectivity index (χ4v) is 3.62. The summed E-state index contributed by atoms with van der Waals surface area (Å²) in [5.41, 5.74) is 4.41. The zero-order valence-corrected chi connectivity index (χ0v) is 16.4. The molecule has 0 aliphatic carbocycles. The van der Waals surface area contributed by atoms with E-state index in [-0.39, 0.29) is 18.4 Å². The van der Waals surface area contributed by atoms with Crippen LogP contribution in [0.4, 0.5) is 0 Å². The van der Waals surface area contributed by atoms with Crippen molar-refractivity contribution in [2.75, 3.05) is 6.61 Å². The highest BCUT2D eigenvalue weighted by atomic mass is 16.5. The Morgan fingerprint density at radius 3 is 2.44 bits per heavy atom. The third-order valence-electron chi connectivity index (χ3n) is 4.70. The quantitative estimate of drug-likeness (QED) is 0.491. The van der Waals surface area contributed by atoms with Crippen molar-refractivity contribution in [1.82, 2.24) is 9.55 Å². The first kappa shape index (κ1) is 18.8. The average Bonchev–Trinajstić information content (AvgIpc) is 2.93. The molecule has 0 spiro atoms. The number of carbonyl (C=O) groups is 2. The Hall–Kier alpha value is -2.95. The van der Waals surface area contributed by atoms with Crippen LogP contribution in [0.25, 0.3) is 10.9 Å². The maximum absolute atomic E-state index is 12.6. The maximum Gasteiger partial charge on any atom is 0.339 e. The number of benzene rings is 1. The number of para-hydroxylation sites is 1. The van der Waals surface area contributed by atoms with Crippen molar-refractivity contribution in [3.05, 3.63) is 64.6 Å². The highest BCUT2D eigenvalue weighted by Gasteiger charge is 2.20. The number of pyridine rings is 1. The van der Waals surface area contributed by atoms with Gasteiger partial charge in [0.25, 0.3) is 0 Å². The molecule has 5 nitrogen and oxygen atoms in total. The number of aromatic nitrogens is 2. The number of ketones is 1. The van der Waals surface area contributed by atoms with Crippen molar-refractivity contribution < 1.29 is 14.3 Å². The van der Waals surface area contributed by atoms with E-state index in [4.69, 9.17) is 4.74 Å². The zero-order valence-electron chi connectivity index (χ0n) is 16.4. The summed E-state index contributed by atoms with van der Waals surface area (Å²) in [7, 11) is 0. The number of carbonyl (C=O) groups excluding carboxylic acids is 2. The van der Waals surface area contributed by atoms with Crippen LogP contribution in [-0.2, 0) is 4.74 Å². The molecular weight excluding hydrogens is 340 g/mol. The van der Waals surface area contributed by atoms with Gasteiger partial charge >= 0.3 is 5.97 Å². The van der Waals surface area contributed by atoms with Crippen molar-refractivity contribution in [2.45, 2.75) is 40.7 Å². The number of hydrogen-bond acceptors (Lipinski definition) is 4. The standard InChI is InChI=1S/C22H24N2O3/c1-13(2)24-15(4)11-18(16(24)5)21(25)12-27-22(26)19-10-14(3)23-20-9-7-6-8-17(19)20/h6-11,13H,12H2,1-5H3. The van der Waals surface area contributed by atoms with Crippen LogP contribution in [-0.4, -0.2) is 27.9 Å². The van der Waals surface area contributed by atoms with E-state index in [0.29, 0.717) is 11.1 Å². The first-order valence-electron chi connectivity index (χ1n) is 9.04. The Bertz CT molecular complexity index is 1030. The summed E-state index contributed by atoms with van der Waals surface area (Å²) in [6.45, 7) is 9.59. The summed E-state index contributed by atoms with van der Waals surface area (Å²) < 4.78 is 7.45. The molecule has 1 aromatic carbocycles. The summed E-state index contributed by atoms with van der Waals surface area (Å²) in [4.78, 5) is 29.6. The molecule has 0 atom stereocenters. The Kier molecular flexibility index (Phi) is 5.13. The first-order valence-corrected chi connectivity index (χ1v) is 9.04. The molecule has 140 valence electrons. The molecule has 2 heterocycles. The molecule has 27 heavy (non-hydrogen) atoms. The van der Waals surface area contributed by atoms with Crippen LogP contribution < -0.4 is 0 Å². The molecular formula is C22H24N2O3. The lowest BCUT2D eigenvalue weighted by atomic mass is 10.1. The van der Waals surface area contributed by atoms with E-state index in [1.54, 1.807) is 6.07 Å². The SMILES string of the molecule is Cc1cc(C(=O)OCC(=O)c2cc(C)n(C(C)C)c2C)c2ccccc2n1. The first-order chi connectivity index (χ1) is 12.8. The summed E-state index contributed by atoms with van der Waals surface area (Å²) in [5.74, 6) is -0.707. The molecule has 0 aliphatic rings. The van der Waals surface area contributed by atoms with Gasteiger partial charge < -0.3 is 9.30 Å². The van der Waals surface area contributed by atoms with E-state index in [1.807, 2.05) is 51.1 Å². The van der Waals surface area contributed by atoms with Crippen molar-refractivity contribution in [1.29, 1.82) is 0 Å². The number of Topliss-reactive ketones (excluding diaryl/α,β-unsaturated/α-hetero) is 1. The average molecular weight is 364 g/mol. The third kappa shape index (κ3) is 3.63. The molecule has 0 unspecified atom stereocenters. The van der Waals surface area contributed by atoms with Gasteiger partial charge in [0.15, 0.2) is 6.61 Å². The molecule has 2 aromatic heterocycles. The predicted molar refractivity (Wildman–Crippen MR) is 105 cm³/mol. The predicted octanol–water partition coefficient (Wildman–Crippen LogP) is 4.58. The molecule has 0 saturated carbocycles. The smallest absolute Gasteiger partial charge is 0.339 e. The molecule has 0 aliphatic heterocycles. The Morgan fingerprint density at radius 1 is 1.07 bits per heavy atom. The van der Waals surface area contributed by atoms with E-state index in [1.165, 1.54) is 0 Å². The maximum atomic E-state index is 12.6. The minimum atomic E-state index is -0.511. The van der Waals surface area contributed by atoms with Gasteiger partial charge in [0.2, 0.25) is 5.78 Å². The number of rotatable bonds is 5. The van der Waals surface area contributed by atoms with Gasteiger partial charge in [-0.2, -0.15) is 0 Å². The lowest BCUT2D eigenvalue weighted by molar-refractivity contribution is 0.0476. The van der Waals surface area contributed by atoms with Gasteiger partial charge in [-0.15, -0.1) is 0 Å². The van der Waals surface area contributed by atoms with Crippen LogP contribution in [0, 0.1) is 20.8 Å². The van der Waals surface area contributed by atoms with Gasteiger partial charge in [0.1, 0.15) is 0 Å². The van der Waals surface area contributed by atoms with Crippen LogP contribution in [0.3, 0.4) is 0 Å². The molecule has 0 bridgehead atoms. The second-order valence-electron chi connectivity index (χ2n) is 7.08. The van der Waals surface area contributed by atoms with Crippen LogP contribution in [0.5, 0.6) is 0 Å². The largest absolute Gasteiger partial charge is 0.454 e. The third-order valence-corrected chi connectivity index (χ3v) is 4.70. The highest BCUT2D eigenvalue weighted by Crippen LogP contribution is 2.22. The monoisotopic (exact) mass is 364 g/mol. The fraction of sp³-hybridized carbons (Fsp3) is 0.318. The minimum absolute atomic E-state index is 0.196. The molecule has 5 heteroatoms. The van der Waals surface area contributed by atoms with Crippen LogP contribution in [0.2, 0.25) is 0 Å². The minimum Gasteiger partial charge on any atom is -0.454 e. The molecule has 0 fully saturated rings. The van der Waals surface area contributed by atoms with Crippen LogP contribution >= 0.6 is 0 Å². The Labute approximate surface area is 159 Å². The van der Waals surface area contributed by atoms with Gasteiger partial charge in [-0.25, -0.2) is 4.79 Å². The molecule has 0 amide bonds. The molecule has 3 rings (SSSR count). The molecule has 0 N–H and O–H groups in total. The molecule has 0 saturated heterocycles. The van der Waals surface area contributed by atoms with Crippen LogP contribution in [0.1, 0.15) is 57.7 Å². The van der Waals surface area contributed by atoms with Crippen molar-refractivity contribution in [3.63, 3.8) is 0 Å². The molecule has 3 aromatic rings. The number of ether oxygens (including phenoxy) is 1. The van der Waals surface area contributed by atoms with E-state index in [9.17, 15) is 9.59 Å². The summed E-state index contributed by atoms with van der Waals surface area (Å²) >= 11 is 0. The van der Waals surface area contributed by atoms with E-state index < -0.39 is 5.97 Å². The lowest BCUT2D eigenvalue weighted by Crippen LogP contribution is -2.16. The number of fused-ring (bicyclic) bond motifs is 1. The second kappa shape index (κ2) is 7.35.